The summed E-state index contributed by atoms with van der Waals surface area (Å²) in [4.78, 5) is 0. The van der Waals surface area contributed by atoms with E-state index in [-0.39, 0.29) is 6.04 Å². The zero-order valence-electron chi connectivity index (χ0n) is 8.48. The van der Waals surface area contributed by atoms with Gasteiger partial charge in [0.05, 0.1) is 0 Å². The van der Waals surface area contributed by atoms with Crippen LogP contribution in [0.15, 0.2) is 48.5 Å². The normalized spacial score (nSPS) is 18.1. The minimum absolute atomic E-state index is 0.149. The lowest BCUT2D eigenvalue weighted by atomic mass is 9.83. The largest absolute Gasteiger partial charge is 0.324 e. The zero-order chi connectivity index (χ0) is 10.3. The summed E-state index contributed by atoms with van der Waals surface area (Å²) in [5.41, 5.74) is 11.4. The fraction of sp³-hybridized carbons (Fsp3) is 0.143. The third-order valence-electron chi connectivity index (χ3n) is 3.11. The Hall–Kier alpha value is -1.60. The number of hydrogen-bond acceptors (Lipinski definition) is 1. The molecule has 0 amide bonds. The average molecular weight is 195 g/mol. The quantitative estimate of drug-likeness (QED) is 0.687. The summed E-state index contributed by atoms with van der Waals surface area (Å²) in [5, 5.41) is 0. The molecule has 0 spiro atoms. The van der Waals surface area contributed by atoms with Crippen molar-refractivity contribution in [3.63, 3.8) is 0 Å². The smallest absolute Gasteiger partial charge is 0.0342 e. The van der Waals surface area contributed by atoms with Crippen LogP contribution in [-0.2, 0) is 6.42 Å². The van der Waals surface area contributed by atoms with Crippen LogP contribution in [0.25, 0.3) is 11.1 Å². The van der Waals surface area contributed by atoms with Crippen LogP contribution in [0.3, 0.4) is 0 Å². The van der Waals surface area contributed by atoms with Crippen LogP contribution >= 0.6 is 0 Å². The van der Waals surface area contributed by atoms with Crippen molar-refractivity contribution >= 4 is 0 Å². The Morgan fingerprint density at radius 1 is 0.867 bits per heavy atom. The fourth-order valence-corrected chi connectivity index (χ4v) is 2.37. The van der Waals surface area contributed by atoms with Crippen LogP contribution in [0.1, 0.15) is 17.2 Å². The number of fused-ring (bicyclic) bond motifs is 3. The van der Waals surface area contributed by atoms with Gasteiger partial charge in [-0.05, 0) is 28.7 Å². The van der Waals surface area contributed by atoms with Gasteiger partial charge in [-0.15, -0.1) is 0 Å². The van der Waals surface area contributed by atoms with Crippen LogP contribution in [0.4, 0.5) is 0 Å². The second-order valence-electron chi connectivity index (χ2n) is 4.06. The minimum atomic E-state index is 0.149. The first kappa shape index (κ1) is 8.69. The van der Waals surface area contributed by atoms with E-state index >= 15 is 0 Å². The molecule has 0 bridgehead atoms. The van der Waals surface area contributed by atoms with E-state index in [4.69, 9.17) is 5.73 Å². The maximum atomic E-state index is 6.16. The molecule has 1 unspecified atom stereocenters. The number of benzene rings is 2. The van der Waals surface area contributed by atoms with Gasteiger partial charge in [-0.25, -0.2) is 0 Å². The second kappa shape index (κ2) is 3.21. The topological polar surface area (TPSA) is 26.0 Å². The Balaban J connectivity index is 2.30. The maximum absolute atomic E-state index is 6.16. The van der Waals surface area contributed by atoms with E-state index in [9.17, 15) is 0 Å². The van der Waals surface area contributed by atoms with Crippen LogP contribution in [0.2, 0.25) is 0 Å². The Bertz CT molecular complexity index is 502. The van der Waals surface area contributed by atoms with Gasteiger partial charge >= 0.3 is 0 Å². The molecular formula is C14H13N. The van der Waals surface area contributed by atoms with Crippen molar-refractivity contribution in [3.05, 3.63) is 59.7 Å². The predicted molar refractivity (Wildman–Crippen MR) is 62.5 cm³/mol. The lowest BCUT2D eigenvalue weighted by molar-refractivity contribution is 0.713. The molecular weight excluding hydrogens is 182 g/mol. The summed E-state index contributed by atoms with van der Waals surface area (Å²) in [5.74, 6) is 0. The van der Waals surface area contributed by atoms with Gasteiger partial charge in [-0.1, -0.05) is 48.5 Å². The third kappa shape index (κ3) is 1.28. The molecule has 1 atom stereocenters. The number of nitrogens with two attached hydrogens (primary N) is 1. The minimum Gasteiger partial charge on any atom is -0.324 e. The van der Waals surface area contributed by atoms with Gasteiger partial charge in [0.15, 0.2) is 0 Å². The monoisotopic (exact) mass is 195 g/mol. The van der Waals surface area contributed by atoms with E-state index in [1.165, 1.54) is 22.3 Å². The van der Waals surface area contributed by atoms with E-state index in [0.29, 0.717) is 0 Å². The Morgan fingerprint density at radius 3 is 2.40 bits per heavy atom. The molecule has 3 rings (SSSR count). The van der Waals surface area contributed by atoms with Crippen LogP contribution in [-0.4, -0.2) is 0 Å². The first-order chi connectivity index (χ1) is 7.36. The standard InChI is InChI=1S/C14H13N/c15-14-9-10-5-1-2-6-11(10)12-7-3-4-8-13(12)14/h1-8,14H,9,15H2. The van der Waals surface area contributed by atoms with Crippen LogP contribution in [0.5, 0.6) is 0 Å². The first-order valence-corrected chi connectivity index (χ1v) is 5.29. The molecule has 2 aromatic carbocycles. The summed E-state index contributed by atoms with van der Waals surface area (Å²) in [7, 11) is 0. The van der Waals surface area contributed by atoms with Crippen molar-refractivity contribution in [2.75, 3.05) is 0 Å². The van der Waals surface area contributed by atoms with E-state index in [1.807, 2.05) is 0 Å². The van der Waals surface area contributed by atoms with E-state index in [1.54, 1.807) is 0 Å². The van der Waals surface area contributed by atoms with E-state index < -0.39 is 0 Å². The van der Waals surface area contributed by atoms with Gasteiger partial charge in [0.1, 0.15) is 0 Å². The molecule has 2 aromatic rings. The zero-order valence-corrected chi connectivity index (χ0v) is 8.48. The first-order valence-electron chi connectivity index (χ1n) is 5.29. The van der Waals surface area contributed by atoms with Gasteiger partial charge in [0.2, 0.25) is 0 Å². The molecule has 1 nitrogen and oxygen atoms in total. The number of rotatable bonds is 0. The van der Waals surface area contributed by atoms with Crippen molar-refractivity contribution in [2.24, 2.45) is 5.73 Å². The molecule has 0 heterocycles. The molecule has 74 valence electrons. The Kier molecular flexibility index (Phi) is 1.86. The predicted octanol–water partition coefficient (Wildman–Crippen LogP) is 2.91. The van der Waals surface area contributed by atoms with Gasteiger partial charge in [-0.3, -0.25) is 0 Å². The Labute approximate surface area is 89.6 Å². The van der Waals surface area contributed by atoms with Crippen molar-refractivity contribution in [3.8, 4) is 11.1 Å². The molecule has 0 saturated carbocycles. The van der Waals surface area contributed by atoms with Gasteiger partial charge in [0, 0.05) is 6.04 Å². The molecule has 1 heteroatoms. The molecule has 0 radical (unpaired) electrons. The summed E-state index contributed by atoms with van der Waals surface area (Å²) < 4.78 is 0. The van der Waals surface area contributed by atoms with Crippen molar-refractivity contribution in [2.45, 2.75) is 12.5 Å². The summed E-state index contributed by atoms with van der Waals surface area (Å²) in [6.45, 7) is 0. The molecule has 1 aliphatic carbocycles. The highest BCUT2D eigenvalue weighted by atomic mass is 14.6. The molecule has 2 N–H and O–H groups in total. The van der Waals surface area contributed by atoms with Crippen LogP contribution in [0, 0.1) is 0 Å². The molecule has 0 fully saturated rings. The third-order valence-corrected chi connectivity index (χ3v) is 3.11. The highest BCUT2D eigenvalue weighted by Crippen LogP contribution is 2.36. The molecule has 0 saturated heterocycles. The van der Waals surface area contributed by atoms with Crippen LogP contribution < -0.4 is 5.73 Å². The fourth-order valence-electron chi connectivity index (χ4n) is 2.37. The van der Waals surface area contributed by atoms with Gasteiger partial charge in [-0.2, -0.15) is 0 Å². The van der Waals surface area contributed by atoms with Gasteiger partial charge < -0.3 is 5.73 Å². The molecule has 1 aliphatic rings. The van der Waals surface area contributed by atoms with Gasteiger partial charge in [0.25, 0.3) is 0 Å². The highest BCUT2D eigenvalue weighted by Gasteiger charge is 2.20. The lowest BCUT2D eigenvalue weighted by Gasteiger charge is -2.24. The second-order valence-corrected chi connectivity index (χ2v) is 4.06. The van der Waals surface area contributed by atoms with Crippen molar-refractivity contribution in [1.29, 1.82) is 0 Å². The molecule has 0 aromatic heterocycles. The van der Waals surface area contributed by atoms with E-state index in [2.05, 4.69) is 48.5 Å². The Morgan fingerprint density at radius 2 is 1.53 bits per heavy atom. The summed E-state index contributed by atoms with van der Waals surface area (Å²) >= 11 is 0. The summed E-state index contributed by atoms with van der Waals surface area (Å²) in [6.07, 6.45) is 0.952. The molecule has 0 aliphatic heterocycles. The number of hydrogen-bond donors (Lipinski definition) is 1. The van der Waals surface area contributed by atoms with E-state index in [0.717, 1.165) is 6.42 Å². The van der Waals surface area contributed by atoms with Crippen molar-refractivity contribution < 1.29 is 0 Å². The maximum Gasteiger partial charge on any atom is 0.0342 e. The average Bonchev–Trinajstić information content (AvgIpc) is 2.30. The van der Waals surface area contributed by atoms with Crippen molar-refractivity contribution in [1.82, 2.24) is 0 Å². The lowest BCUT2D eigenvalue weighted by Crippen LogP contribution is -2.18. The SMILES string of the molecule is NC1Cc2ccccc2-c2ccccc21. The highest BCUT2D eigenvalue weighted by molar-refractivity contribution is 5.73. The summed E-state index contributed by atoms with van der Waals surface area (Å²) in [6, 6.07) is 17.1. The molecule has 15 heavy (non-hydrogen) atoms.